The Balaban J connectivity index is 1.78. The molecule has 4 rings (SSSR count). The Bertz CT molecular complexity index is 898. The molecule has 1 aliphatic heterocycles. The highest BCUT2D eigenvalue weighted by Crippen LogP contribution is 2.29. The zero-order valence-electron chi connectivity index (χ0n) is 15.1. The van der Waals surface area contributed by atoms with Gasteiger partial charge in [-0.3, -0.25) is 4.98 Å². The summed E-state index contributed by atoms with van der Waals surface area (Å²) in [5.74, 6) is 2.13. The zero-order chi connectivity index (χ0) is 18.6. The van der Waals surface area contributed by atoms with Crippen molar-refractivity contribution < 1.29 is 0 Å². The molecule has 1 aromatic carbocycles. The molecule has 1 fully saturated rings. The second kappa shape index (κ2) is 8.03. The van der Waals surface area contributed by atoms with Crippen molar-refractivity contribution in [1.82, 2.24) is 15.0 Å². The fraction of sp³-hybridized carbons (Fsp3) is 0.286. The number of piperidine rings is 1. The molecule has 27 heavy (non-hydrogen) atoms. The van der Waals surface area contributed by atoms with Gasteiger partial charge in [0.05, 0.1) is 5.69 Å². The molecule has 3 aromatic rings. The molecule has 138 valence electrons. The molecular weight excluding hydrogens is 358 g/mol. The molecule has 5 nitrogen and oxygen atoms in total. The van der Waals surface area contributed by atoms with Crippen molar-refractivity contribution in [3.63, 3.8) is 0 Å². The van der Waals surface area contributed by atoms with Crippen LogP contribution in [-0.4, -0.2) is 34.6 Å². The molecule has 1 atom stereocenters. The molecule has 1 saturated heterocycles. The van der Waals surface area contributed by atoms with Crippen molar-refractivity contribution in [2.24, 2.45) is 11.7 Å². The van der Waals surface area contributed by atoms with Gasteiger partial charge in [0.2, 0.25) is 0 Å². The van der Waals surface area contributed by atoms with Crippen LogP contribution in [0.3, 0.4) is 0 Å². The number of rotatable bonds is 4. The van der Waals surface area contributed by atoms with E-state index in [9.17, 15) is 0 Å². The van der Waals surface area contributed by atoms with Crippen molar-refractivity contribution >= 4 is 17.4 Å². The van der Waals surface area contributed by atoms with Crippen LogP contribution in [0.5, 0.6) is 0 Å². The minimum atomic E-state index is 0.509. The van der Waals surface area contributed by atoms with Crippen LogP contribution < -0.4 is 10.6 Å². The van der Waals surface area contributed by atoms with E-state index >= 15 is 0 Å². The fourth-order valence-corrected chi connectivity index (χ4v) is 3.58. The molecule has 0 bridgehead atoms. The van der Waals surface area contributed by atoms with Crippen molar-refractivity contribution in [3.8, 4) is 22.6 Å². The van der Waals surface area contributed by atoms with Crippen molar-refractivity contribution in [2.45, 2.75) is 12.8 Å². The summed E-state index contributed by atoms with van der Waals surface area (Å²) in [7, 11) is 0. The highest BCUT2D eigenvalue weighted by molar-refractivity contribution is 6.30. The van der Waals surface area contributed by atoms with Crippen LogP contribution in [0.25, 0.3) is 22.6 Å². The van der Waals surface area contributed by atoms with Gasteiger partial charge < -0.3 is 10.6 Å². The Morgan fingerprint density at radius 1 is 1.11 bits per heavy atom. The van der Waals surface area contributed by atoms with Gasteiger partial charge in [0.15, 0.2) is 5.82 Å². The monoisotopic (exact) mass is 379 g/mol. The van der Waals surface area contributed by atoms with Gasteiger partial charge in [0, 0.05) is 47.7 Å². The summed E-state index contributed by atoms with van der Waals surface area (Å²) in [4.78, 5) is 16.2. The molecular formula is C21H22ClN5. The highest BCUT2D eigenvalue weighted by atomic mass is 35.5. The number of anilines is 1. The quantitative estimate of drug-likeness (QED) is 0.741. The van der Waals surface area contributed by atoms with E-state index in [1.807, 2.05) is 36.4 Å². The Hall–Kier alpha value is -2.50. The molecule has 3 heterocycles. The lowest BCUT2D eigenvalue weighted by atomic mass is 9.98. The maximum absolute atomic E-state index is 6.05. The Kier molecular flexibility index (Phi) is 5.32. The molecule has 1 aliphatic rings. The van der Waals surface area contributed by atoms with E-state index in [2.05, 4.69) is 16.0 Å². The number of aromatic nitrogens is 3. The van der Waals surface area contributed by atoms with E-state index in [0.717, 1.165) is 42.1 Å². The van der Waals surface area contributed by atoms with Gasteiger partial charge in [-0.15, -0.1) is 0 Å². The smallest absolute Gasteiger partial charge is 0.163 e. The number of hydrogen-bond acceptors (Lipinski definition) is 5. The maximum Gasteiger partial charge on any atom is 0.163 e. The van der Waals surface area contributed by atoms with Crippen LogP contribution in [0, 0.1) is 5.92 Å². The predicted molar refractivity (Wildman–Crippen MR) is 110 cm³/mol. The van der Waals surface area contributed by atoms with Crippen molar-refractivity contribution in [1.29, 1.82) is 0 Å². The lowest BCUT2D eigenvalue weighted by Gasteiger charge is -2.33. The van der Waals surface area contributed by atoms with E-state index in [1.54, 1.807) is 12.4 Å². The summed E-state index contributed by atoms with van der Waals surface area (Å²) in [6, 6.07) is 13.7. The Morgan fingerprint density at radius 3 is 2.70 bits per heavy atom. The lowest BCUT2D eigenvalue weighted by Crippen LogP contribution is -2.38. The van der Waals surface area contributed by atoms with E-state index < -0.39 is 0 Å². The molecule has 2 N–H and O–H groups in total. The van der Waals surface area contributed by atoms with Gasteiger partial charge in [-0.25, -0.2) is 9.97 Å². The summed E-state index contributed by atoms with van der Waals surface area (Å²) in [6.07, 6.45) is 5.86. The minimum Gasteiger partial charge on any atom is -0.356 e. The third-order valence-corrected chi connectivity index (χ3v) is 5.20. The number of nitrogens with two attached hydrogens (primary N) is 1. The molecule has 6 heteroatoms. The first-order valence-electron chi connectivity index (χ1n) is 9.23. The lowest BCUT2D eigenvalue weighted by molar-refractivity contribution is 0.421. The normalized spacial score (nSPS) is 17.1. The molecule has 0 aliphatic carbocycles. The highest BCUT2D eigenvalue weighted by Gasteiger charge is 2.21. The second-order valence-electron chi connectivity index (χ2n) is 6.87. The van der Waals surface area contributed by atoms with Gasteiger partial charge in [-0.2, -0.15) is 0 Å². The average molecular weight is 380 g/mol. The number of pyridine rings is 1. The first kappa shape index (κ1) is 17.9. The Labute approximate surface area is 164 Å². The summed E-state index contributed by atoms with van der Waals surface area (Å²) in [6.45, 7) is 2.63. The van der Waals surface area contributed by atoms with Crippen LogP contribution in [-0.2, 0) is 0 Å². The standard InChI is InChI=1S/C21H22ClN5/c22-18-7-5-16(6-8-18)19-11-20(27-10-2-3-15(12-23)14-27)26-21(25-19)17-4-1-9-24-13-17/h1,4-9,11,13,15H,2-3,10,12,14,23H2. The molecule has 0 spiro atoms. The maximum atomic E-state index is 6.05. The van der Waals surface area contributed by atoms with Crippen LogP contribution in [0.2, 0.25) is 5.02 Å². The Morgan fingerprint density at radius 2 is 1.96 bits per heavy atom. The number of benzene rings is 1. The van der Waals surface area contributed by atoms with Crippen LogP contribution >= 0.6 is 11.6 Å². The van der Waals surface area contributed by atoms with Crippen molar-refractivity contribution in [3.05, 3.63) is 59.9 Å². The average Bonchev–Trinajstić information content (AvgIpc) is 2.74. The van der Waals surface area contributed by atoms with E-state index in [4.69, 9.17) is 27.3 Å². The van der Waals surface area contributed by atoms with Gasteiger partial charge in [-0.05, 0) is 49.6 Å². The SMILES string of the molecule is NCC1CCCN(c2cc(-c3ccc(Cl)cc3)nc(-c3cccnc3)n2)C1. The summed E-state index contributed by atoms with van der Waals surface area (Å²) in [5.41, 5.74) is 8.72. The number of halogens is 1. The topological polar surface area (TPSA) is 67.9 Å². The third-order valence-electron chi connectivity index (χ3n) is 4.95. The first-order valence-corrected chi connectivity index (χ1v) is 9.61. The number of hydrogen-bond donors (Lipinski definition) is 1. The molecule has 0 radical (unpaired) electrons. The molecule has 0 saturated carbocycles. The van der Waals surface area contributed by atoms with E-state index in [0.29, 0.717) is 23.3 Å². The number of nitrogens with zero attached hydrogens (tertiary/aromatic N) is 4. The van der Waals surface area contributed by atoms with Crippen LogP contribution in [0.15, 0.2) is 54.9 Å². The minimum absolute atomic E-state index is 0.509. The summed E-state index contributed by atoms with van der Waals surface area (Å²) >= 11 is 6.05. The first-order chi connectivity index (χ1) is 13.2. The van der Waals surface area contributed by atoms with Crippen molar-refractivity contribution in [2.75, 3.05) is 24.5 Å². The van der Waals surface area contributed by atoms with Gasteiger partial charge in [0.25, 0.3) is 0 Å². The second-order valence-corrected chi connectivity index (χ2v) is 7.31. The van der Waals surface area contributed by atoms with Crippen LogP contribution in [0.4, 0.5) is 5.82 Å². The van der Waals surface area contributed by atoms with Gasteiger partial charge in [-0.1, -0.05) is 23.7 Å². The van der Waals surface area contributed by atoms with E-state index in [-0.39, 0.29) is 0 Å². The van der Waals surface area contributed by atoms with E-state index in [1.165, 1.54) is 6.42 Å². The molecule has 1 unspecified atom stereocenters. The van der Waals surface area contributed by atoms with Gasteiger partial charge >= 0.3 is 0 Å². The third kappa shape index (κ3) is 4.10. The fourth-order valence-electron chi connectivity index (χ4n) is 3.45. The van der Waals surface area contributed by atoms with Crippen LogP contribution in [0.1, 0.15) is 12.8 Å². The zero-order valence-corrected chi connectivity index (χ0v) is 15.8. The largest absolute Gasteiger partial charge is 0.356 e. The molecule has 2 aromatic heterocycles. The van der Waals surface area contributed by atoms with Gasteiger partial charge in [0.1, 0.15) is 5.82 Å². The summed E-state index contributed by atoms with van der Waals surface area (Å²) in [5, 5.41) is 0.710. The predicted octanol–water partition coefficient (Wildman–Crippen LogP) is 4.03. The molecule has 0 amide bonds. The summed E-state index contributed by atoms with van der Waals surface area (Å²) < 4.78 is 0.